The average molecular weight is 306 g/mol. The highest BCUT2D eigenvalue weighted by atomic mass is 32.1. The van der Waals surface area contributed by atoms with Gasteiger partial charge in [-0.05, 0) is 44.2 Å². The van der Waals surface area contributed by atoms with Crippen LogP contribution in [0, 0.1) is 6.92 Å². The Balaban J connectivity index is 1.74. The van der Waals surface area contributed by atoms with Gasteiger partial charge in [-0.3, -0.25) is 4.90 Å². The number of aromatic nitrogens is 1. The summed E-state index contributed by atoms with van der Waals surface area (Å²) in [4.78, 5) is 7.12. The molecule has 0 aliphatic carbocycles. The maximum atomic E-state index is 9.23. The van der Waals surface area contributed by atoms with Gasteiger partial charge in [0.05, 0.1) is 5.69 Å². The molecule has 3 heterocycles. The Morgan fingerprint density at radius 3 is 3.14 bits per heavy atom. The van der Waals surface area contributed by atoms with E-state index in [-0.39, 0.29) is 6.61 Å². The molecule has 0 spiro atoms. The molecular formula is C16H22N2O2S. The van der Waals surface area contributed by atoms with Gasteiger partial charge in [-0.2, -0.15) is 11.3 Å². The van der Waals surface area contributed by atoms with Gasteiger partial charge < -0.3 is 9.52 Å². The molecule has 0 bridgehead atoms. The molecule has 1 aliphatic rings. The van der Waals surface area contributed by atoms with Crippen molar-refractivity contribution in [1.82, 2.24) is 9.88 Å². The van der Waals surface area contributed by atoms with E-state index in [9.17, 15) is 5.11 Å². The second-order valence-electron chi connectivity index (χ2n) is 5.67. The Labute approximate surface area is 129 Å². The number of aliphatic hydroxyl groups excluding tert-OH is 1. The largest absolute Gasteiger partial charge is 0.441 e. The second-order valence-corrected chi connectivity index (χ2v) is 6.45. The summed E-state index contributed by atoms with van der Waals surface area (Å²) in [5.74, 6) is 1.63. The molecule has 2 aromatic rings. The number of rotatable bonds is 5. The van der Waals surface area contributed by atoms with Gasteiger partial charge in [0.1, 0.15) is 5.76 Å². The fourth-order valence-electron chi connectivity index (χ4n) is 3.02. The van der Waals surface area contributed by atoms with Crippen LogP contribution in [0.15, 0.2) is 21.2 Å². The summed E-state index contributed by atoms with van der Waals surface area (Å²) in [6, 6.07) is 2.51. The highest BCUT2D eigenvalue weighted by molar-refractivity contribution is 7.08. The summed E-state index contributed by atoms with van der Waals surface area (Å²) >= 11 is 1.65. The molecule has 0 radical (unpaired) electrons. The van der Waals surface area contributed by atoms with E-state index < -0.39 is 0 Å². The molecule has 2 aromatic heterocycles. The molecule has 0 aromatic carbocycles. The summed E-state index contributed by atoms with van der Waals surface area (Å²) in [5.41, 5.74) is 2.08. The van der Waals surface area contributed by atoms with Crippen molar-refractivity contribution in [2.24, 2.45) is 0 Å². The predicted molar refractivity (Wildman–Crippen MR) is 84.3 cm³/mol. The van der Waals surface area contributed by atoms with Crippen molar-refractivity contribution in [3.8, 4) is 11.5 Å². The monoisotopic (exact) mass is 306 g/mol. The number of nitrogens with zero attached hydrogens (tertiary/aromatic N) is 2. The summed E-state index contributed by atoms with van der Waals surface area (Å²) in [6.45, 7) is 4.16. The first kappa shape index (κ1) is 14.8. The number of likely N-dealkylation sites (tertiary alicyclic amines) is 1. The molecule has 4 nitrogen and oxygen atoms in total. The minimum Gasteiger partial charge on any atom is -0.441 e. The normalized spacial score (nSPS) is 20.0. The van der Waals surface area contributed by atoms with E-state index in [1.54, 1.807) is 11.3 Å². The molecule has 114 valence electrons. The first-order valence-corrected chi connectivity index (χ1v) is 8.56. The van der Waals surface area contributed by atoms with Gasteiger partial charge in [0, 0.05) is 30.1 Å². The van der Waals surface area contributed by atoms with E-state index in [0.717, 1.165) is 42.4 Å². The number of piperidine rings is 1. The Bertz CT molecular complexity index is 563. The summed E-state index contributed by atoms with van der Waals surface area (Å²) in [6.07, 6.45) is 4.53. The van der Waals surface area contributed by atoms with Crippen LogP contribution in [-0.2, 0) is 6.54 Å². The third-order valence-corrected chi connectivity index (χ3v) is 4.91. The second kappa shape index (κ2) is 6.73. The van der Waals surface area contributed by atoms with Crippen LogP contribution in [-0.4, -0.2) is 34.2 Å². The molecule has 1 N–H and O–H groups in total. The number of hydrogen-bond acceptors (Lipinski definition) is 5. The van der Waals surface area contributed by atoms with Gasteiger partial charge in [-0.25, -0.2) is 4.98 Å². The van der Waals surface area contributed by atoms with Crippen LogP contribution < -0.4 is 0 Å². The molecule has 5 heteroatoms. The van der Waals surface area contributed by atoms with Crippen LogP contribution in [0.1, 0.15) is 37.1 Å². The standard InChI is InChI=1S/C16H22N2O2S/c1-12-15(17-16(20-12)13-6-9-21-11-13)10-18-7-3-2-4-14(18)5-8-19/h6,9,11,14,19H,2-5,7-8,10H2,1H3. The topological polar surface area (TPSA) is 49.5 Å². The number of thiophene rings is 1. The quantitative estimate of drug-likeness (QED) is 0.919. The Hall–Kier alpha value is -1.17. The van der Waals surface area contributed by atoms with Gasteiger partial charge in [-0.1, -0.05) is 6.42 Å². The van der Waals surface area contributed by atoms with E-state index in [1.807, 2.05) is 18.4 Å². The highest BCUT2D eigenvalue weighted by Crippen LogP contribution is 2.27. The van der Waals surface area contributed by atoms with E-state index >= 15 is 0 Å². The number of aryl methyl sites for hydroxylation is 1. The third kappa shape index (κ3) is 3.36. The van der Waals surface area contributed by atoms with E-state index in [1.165, 1.54) is 19.3 Å². The zero-order chi connectivity index (χ0) is 14.7. The number of oxazole rings is 1. The summed E-state index contributed by atoms with van der Waals surface area (Å²) in [5, 5.41) is 13.3. The van der Waals surface area contributed by atoms with Gasteiger partial charge in [0.25, 0.3) is 0 Å². The summed E-state index contributed by atoms with van der Waals surface area (Å²) in [7, 11) is 0. The molecule has 21 heavy (non-hydrogen) atoms. The maximum Gasteiger partial charge on any atom is 0.227 e. The maximum absolute atomic E-state index is 9.23. The van der Waals surface area contributed by atoms with Crippen molar-refractivity contribution in [2.75, 3.05) is 13.2 Å². The van der Waals surface area contributed by atoms with E-state index in [0.29, 0.717) is 6.04 Å². The van der Waals surface area contributed by atoms with Crippen LogP contribution in [0.25, 0.3) is 11.5 Å². The first-order chi connectivity index (χ1) is 10.3. The van der Waals surface area contributed by atoms with Gasteiger partial charge in [0.2, 0.25) is 5.89 Å². The lowest BCUT2D eigenvalue weighted by molar-refractivity contribution is 0.111. The fraction of sp³-hybridized carbons (Fsp3) is 0.562. The Morgan fingerprint density at radius 1 is 1.48 bits per heavy atom. The molecule has 1 atom stereocenters. The third-order valence-electron chi connectivity index (χ3n) is 4.23. The molecular weight excluding hydrogens is 284 g/mol. The van der Waals surface area contributed by atoms with Crippen LogP contribution in [0.4, 0.5) is 0 Å². The van der Waals surface area contributed by atoms with Crippen molar-refractivity contribution in [3.63, 3.8) is 0 Å². The zero-order valence-electron chi connectivity index (χ0n) is 12.4. The SMILES string of the molecule is Cc1oc(-c2ccsc2)nc1CN1CCCCC1CCO. The number of aliphatic hydroxyl groups is 1. The van der Waals surface area contributed by atoms with Crippen molar-refractivity contribution in [1.29, 1.82) is 0 Å². The lowest BCUT2D eigenvalue weighted by Gasteiger charge is -2.35. The number of hydrogen-bond donors (Lipinski definition) is 1. The summed E-state index contributed by atoms with van der Waals surface area (Å²) < 4.78 is 5.82. The van der Waals surface area contributed by atoms with Crippen LogP contribution in [0.2, 0.25) is 0 Å². The molecule has 1 unspecified atom stereocenters. The van der Waals surface area contributed by atoms with Gasteiger partial charge in [-0.15, -0.1) is 0 Å². The van der Waals surface area contributed by atoms with Crippen molar-refractivity contribution >= 4 is 11.3 Å². The van der Waals surface area contributed by atoms with Crippen molar-refractivity contribution in [2.45, 2.75) is 45.2 Å². The zero-order valence-corrected chi connectivity index (χ0v) is 13.2. The van der Waals surface area contributed by atoms with Crippen LogP contribution in [0.3, 0.4) is 0 Å². The van der Waals surface area contributed by atoms with Crippen molar-refractivity contribution in [3.05, 3.63) is 28.3 Å². The van der Waals surface area contributed by atoms with Gasteiger partial charge >= 0.3 is 0 Å². The smallest absolute Gasteiger partial charge is 0.227 e. The Morgan fingerprint density at radius 2 is 2.38 bits per heavy atom. The molecule has 3 rings (SSSR count). The Kier molecular flexibility index (Phi) is 4.73. The van der Waals surface area contributed by atoms with E-state index in [2.05, 4.69) is 15.3 Å². The van der Waals surface area contributed by atoms with Crippen molar-refractivity contribution < 1.29 is 9.52 Å². The first-order valence-electron chi connectivity index (χ1n) is 7.61. The highest BCUT2D eigenvalue weighted by Gasteiger charge is 2.24. The molecule has 1 fully saturated rings. The lowest BCUT2D eigenvalue weighted by atomic mass is 9.99. The van der Waals surface area contributed by atoms with Crippen LogP contribution >= 0.6 is 11.3 Å². The molecule has 0 amide bonds. The minimum absolute atomic E-state index is 0.263. The minimum atomic E-state index is 0.263. The predicted octanol–water partition coefficient (Wildman–Crippen LogP) is 3.45. The van der Waals surface area contributed by atoms with Crippen LogP contribution in [0.5, 0.6) is 0 Å². The molecule has 1 saturated heterocycles. The average Bonchev–Trinajstić information content (AvgIpc) is 3.12. The molecule has 1 aliphatic heterocycles. The lowest BCUT2D eigenvalue weighted by Crippen LogP contribution is -2.39. The molecule has 0 saturated carbocycles. The fourth-order valence-corrected chi connectivity index (χ4v) is 3.65. The van der Waals surface area contributed by atoms with E-state index in [4.69, 9.17) is 4.42 Å². The van der Waals surface area contributed by atoms with Gasteiger partial charge in [0.15, 0.2) is 0 Å².